The van der Waals surface area contributed by atoms with Crippen LogP contribution in [0.4, 0.5) is 0 Å². The molecule has 0 aromatic heterocycles. The normalized spacial score (nSPS) is 11.2. The Morgan fingerprint density at radius 3 is 1.50 bits per heavy atom. The summed E-state index contributed by atoms with van der Waals surface area (Å²) in [5.41, 5.74) is 0. The van der Waals surface area contributed by atoms with Gasteiger partial charge in [-0.1, -0.05) is 78.1 Å². The number of hydrogen-bond acceptors (Lipinski definition) is 1. The first kappa shape index (κ1) is 24.4. The van der Waals surface area contributed by atoms with Gasteiger partial charge in [0.2, 0.25) is 0 Å². The number of unbranched alkanes of at least 4 members (excludes halogenated alkanes) is 10. The summed E-state index contributed by atoms with van der Waals surface area (Å²) in [5, 5.41) is 0. The van der Waals surface area contributed by atoms with E-state index in [-0.39, 0.29) is 18.9 Å². The van der Waals surface area contributed by atoms with Gasteiger partial charge in [0.15, 0.2) is 0 Å². The molecule has 0 aliphatic carbocycles. The summed E-state index contributed by atoms with van der Waals surface area (Å²) in [6.07, 6.45) is 20.9. The molecule has 0 aliphatic heterocycles. The fourth-order valence-corrected chi connectivity index (χ4v) is 2.75. The van der Waals surface area contributed by atoms with Gasteiger partial charge in [-0.25, -0.2) is 19.1 Å². The van der Waals surface area contributed by atoms with E-state index in [0.717, 1.165) is 6.54 Å². The predicted molar refractivity (Wildman–Crippen MR) is 97.7 cm³/mol. The van der Waals surface area contributed by atoms with Crippen LogP contribution in [0, 0.1) is 6.92 Å². The molecule has 0 radical (unpaired) electrons. The molecule has 0 heterocycles. The second-order valence-corrected chi connectivity index (χ2v) is 6.31. The molecule has 0 aromatic rings. The molecule has 0 spiro atoms. The van der Waals surface area contributed by atoms with Crippen molar-refractivity contribution < 1.29 is 18.9 Å². The number of hydrogen-bond donors (Lipinski definition) is 0. The van der Waals surface area contributed by atoms with Crippen molar-refractivity contribution in [1.29, 1.82) is 0 Å². The quantitative estimate of drug-likeness (QED) is 0.240. The maximum atomic E-state index is 3.81. The number of allylic oxidation sites excluding steroid dienone is 1. The van der Waals surface area contributed by atoms with E-state index in [1.807, 2.05) is 6.08 Å². The average Bonchev–Trinajstić information content (AvgIpc) is 2.50. The molecule has 0 unspecified atom stereocenters. The van der Waals surface area contributed by atoms with Crippen LogP contribution in [0.2, 0.25) is 0 Å². The standard InChI is InChI=1S/C20H40N.Li/c1-4-7-10-12-14-16-19-21(18-9-6-3)20-17-15-13-11-8-5-2;/h6,9H,3-5,7-8,10-20H2,1-2H3;/q-1;+1/b9-6+;. The van der Waals surface area contributed by atoms with Crippen molar-refractivity contribution in [2.75, 3.05) is 19.6 Å². The first-order valence-electron chi connectivity index (χ1n) is 9.51. The van der Waals surface area contributed by atoms with Gasteiger partial charge in [-0.05, 0) is 32.5 Å². The number of nitrogens with zero attached hydrogens (tertiary/aromatic N) is 1. The Bertz CT molecular complexity index is 200. The monoisotopic (exact) mass is 301 g/mol. The molecule has 22 heavy (non-hydrogen) atoms. The summed E-state index contributed by atoms with van der Waals surface area (Å²) in [5.74, 6) is 0. The Morgan fingerprint density at radius 2 is 1.09 bits per heavy atom. The maximum absolute atomic E-state index is 3.81. The van der Waals surface area contributed by atoms with Gasteiger partial charge in [-0.3, -0.25) is 0 Å². The van der Waals surface area contributed by atoms with E-state index in [2.05, 4.69) is 31.7 Å². The molecule has 0 saturated heterocycles. The molecule has 0 saturated carbocycles. The van der Waals surface area contributed by atoms with Crippen LogP contribution in [0.3, 0.4) is 0 Å². The third-order valence-electron chi connectivity index (χ3n) is 4.19. The molecule has 0 N–H and O–H groups in total. The van der Waals surface area contributed by atoms with Gasteiger partial charge in [-0.15, -0.1) is 0 Å². The van der Waals surface area contributed by atoms with Gasteiger partial charge in [0.1, 0.15) is 0 Å². The van der Waals surface area contributed by atoms with Crippen LogP contribution in [-0.2, 0) is 0 Å². The van der Waals surface area contributed by atoms with E-state index >= 15 is 0 Å². The van der Waals surface area contributed by atoms with Crippen molar-refractivity contribution in [1.82, 2.24) is 4.90 Å². The molecule has 0 aromatic carbocycles. The van der Waals surface area contributed by atoms with Crippen LogP contribution in [0.15, 0.2) is 12.2 Å². The molecule has 0 bridgehead atoms. The summed E-state index contributed by atoms with van der Waals surface area (Å²) in [6, 6.07) is 0. The zero-order valence-corrected chi connectivity index (χ0v) is 15.9. The summed E-state index contributed by atoms with van der Waals surface area (Å²) in [7, 11) is 0. The van der Waals surface area contributed by atoms with E-state index in [1.54, 1.807) is 0 Å². The SMILES string of the molecule is [CH2-]/C=C/CN(CCCCCCCC)CCCCCCCC.[Li+]. The van der Waals surface area contributed by atoms with Crippen molar-refractivity contribution in [2.45, 2.75) is 90.9 Å². The summed E-state index contributed by atoms with van der Waals surface area (Å²) in [6.45, 7) is 12.0. The van der Waals surface area contributed by atoms with E-state index in [4.69, 9.17) is 0 Å². The van der Waals surface area contributed by atoms with Gasteiger partial charge in [-0.2, -0.15) is 0 Å². The van der Waals surface area contributed by atoms with Crippen LogP contribution in [0.25, 0.3) is 0 Å². The van der Waals surface area contributed by atoms with Crippen molar-refractivity contribution in [2.24, 2.45) is 0 Å². The summed E-state index contributed by atoms with van der Waals surface area (Å²) >= 11 is 0. The third kappa shape index (κ3) is 18.2. The number of rotatable bonds is 16. The molecule has 0 atom stereocenters. The van der Waals surface area contributed by atoms with Crippen molar-refractivity contribution >= 4 is 0 Å². The Kier molecular flexibility index (Phi) is 23.5. The van der Waals surface area contributed by atoms with E-state index in [0.29, 0.717) is 0 Å². The van der Waals surface area contributed by atoms with Crippen molar-refractivity contribution in [3.63, 3.8) is 0 Å². The Labute approximate surface area is 153 Å². The zero-order chi connectivity index (χ0) is 15.6. The van der Waals surface area contributed by atoms with Gasteiger partial charge >= 0.3 is 18.9 Å². The first-order chi connectivity index (χ1) is 10.3. The van der Waals surface area contributed by atoms with Gasteiger partial charge in [0.05, 0.1) is 0 Å². The molecule has 0 rings (SSSR count). The topological polar surface area (TPSA) is 3.24 Å². The Morgan fingerprint density at radius 1 is 0.682 bits per heavy atom. The fraction of sp³-hybridized carbons (Fsp3) is 0.850. The molecular weight excluding hydrogens is 261 g/mol. The largest absolute Gasteiger partial charge is 1.00 e. The third-order valence-corrected chi connectivity index (χ3v) is 4.19. The fourth-order valence-electron chi connectivity index (χ4n) is 2.75. The van der Waals surface area contributed by atoms with Gasteiger partial charge in [0, 0.05) is 0 Å². The van der Waals surface area contributed by atoms with Crippen molar-refractivity contribution in [3.8, 4) is 0 Å². The maximum Gasteiger partial charge on any atom is 1.00 e. The van der Waals surface area contributed by atoms with E-state index in [1.165, 1.54) is 90.1 Å². The molecule has 1 nitrogen and oxygen atoms in total. The molecule has 0 fully saturated rings. The van der Waals surface area contributed by atoms with Crippen LogP contribution >= 0.6 is 0 Å². The van der Waals surface area contributed by atoms with E-state index < -0.39 is 0 Å². The predicted octanol–water partition coefficient (Wildman–Crippen LogP) is 3.40. The first-order valence-corrected chi connectivity index (χ1v) is 9.51. The second-order valence-electron chi connectivity index (χ2n) is 6.31. The zero-order valence-electron chi connectivity index (χ0n) is 15.9. The second kappa shape index (κ2) is 21.2. The van der Waals surface area contributed by atoms with Crippen molar-refractivity contribution in [3.05, 3.63) is 19.1 Å². The van der Waals surface area contributed by atoms with Crippen LogP contribution < -0.4 is 18.9 Å². The Hall–Kier alpha value is 0.167. The van der Waals surface area contributed by atoms with Gasteiger partial charge in [0.25, 0.3) is 0 Å². The van der Waals surface area contributed by atoms with Crippen LogP contribution in [0.5, 0.6) is 0 Å². The summed E-state index contributed by atoms with van der Waals surface area (Å²) < 4.78 is 0. The average molecular weight is 301 g/mol. The van der Waals surface area contributed by atoms with Crippen LogP contribution in [-0.4, -0.2) is 24.5 Å². The minimum absolute atomic E-state index is 0. The molecular formula is C20H40LiN. The molecule has 0 amide bonds. The minimum atomic E-state index is 0. The van der Waals surface area contributed by atoms with E-state index in [9.17, 15) is 0 Å². The molecule has 2 heteroatoms. The summed E-state index contributed by atoms with van der Waals surface area (Å²) in [4.78, 5) is 2.61. The Balaban J connectivity index is 0. The van der Waals surface area contributed by atoms with Crippen LogP contribution in [0.1, 0.15) is 90.9 Å². The molecule has 126 valence electrons. The molecule has 0 aliphatic rings. The minimum Gasteiger partial charge on any atom is -0.316 e. The van der Waals surface area contributed by atoms with Gasteiger partial charge < -0.3 is 4.90 Å². The smallest absolute Gasteiger partial charge is 0.316 e.